The molecule has 0 spiro atoms. The molecular formula is C21H26ClFN2O3. The molecule has 0 aliphatic heterocycles. The molecular weight excluding hydrogens is 383 g/mol. The first-order valence-electron chi connectivity index (χ1n) is 8.68. The van der Waals surface area contributed by atoms with E-state index in [4.69, 9.17) is 9.47 Å². The van der Waals surface area contributed by atoms with Gasteiger partial charge in [-0.1, -0.05) is 18.2 Å². The predicted octanol–water partition coefficient (Wildman–Crippen LogP) is 3.83. The van der Waals surface area contributed by atoms with E-state index in [1.165, 1.54) is 18.2 Å². The third kappa shape index (κ3) is 5.59. The third-order valence-electron chi connectivity index (χ3n) is 4.60. The van der Waals surface area contributed by atoms with E-state index < -0.39 is 17.1 Å². The third-order valence-corrected chi connectivity index (χ3v) is 4.60. The Morgan fingerprint density at radius 1 is 1.14 bits per heavy atom. The van der Waals surface area contributed by atoms with Crippen LogP contribution in [0.15, 0.2) is 42.5 Å². The Kier molecular flexibility index (Phi) is 8.25. The van der Waals surface area contributed by atoms with Crippen molar-refractivity contribution in [1.29, 1.82) is 5.26 Å². The molecule has 0 heterocycles. The summed E-state index contributed by atoms with van der Waals surface area (Å²) in [5, 5.41) is 23.0. The second kappa shape index (κ2) is 9.74. The van der Waals surface area contributed by atoms with Crippen LogP contribution in [-0.2, 0) is 6.42 Å². The molecule has 0 aromatic heterocycles. The Balaban J connectivity index is 0.00000392. The van der Waals surface area contributed by atoms with Gasteiger partial charge in [0.2, 0.25) is 0 Å². The quantitative estimate of drug-likeness (QED) is 0.649. The van der Waals surface area contributed by atoms with Crippen LogP contribution >= 0.6 is 12.4 Å². The van der Waals surface area contributed by atoms with Crippen molar-refractivity contribution >= 4 is 12.4 Å². The number of ether oxygens (including phenoxy) is 2. The van der Waals surface area contributed by atoms with Gasteiger partial charge >= 0.3 is 0 Å². The Bertz CT molecular complexity index is 816. The molecule has 2 aromatic carbocycles. The van der Waals surface area contributed by atoms with Crippen molar-refractivity contribution in [3.05, 3.63) is 59.4 Å². The van der Waals surface area contributed by atoms with Crippen LogP contribution in [0.25, 0.3) is 0 Å². The van der Waals surface area contributed by atoms with E-state index in [0.29, 0.717) is 13.0 Å². The predicted molar refractivity (Wildman–Crippen MR) is 108 cm³/mol. The van der Waals surface area contributed by atoms with E-state index in [0.717, 1.165) is 11.3 Å². The number of halogens is 2. The smallest absolute Gasteiger partial charge is 0.186 e. The van der Waals surface area contributed by atoms with E-state index >= 15 is 0 Å². The summed E-state index contributed by atoms with van der Waals surface area (Å²) in [5.74, 6) is 0.205. The summed E-state index contributed by atoms with van der Waals surface area (Å²) in [6.45, 7) is 5.37. The SMILES string of the molecule is COc1ccc(CCNC(C)(Oc2cccc(F)c2C#N)C(C)(C)O)cc1.Cl. The molecule has 2 aromatic rings. The monoisotopic (exact) mass is 408 g/mol. The fraction of sp³-hybridized carbons (Fsp3) is 0.381. The fourth-order valence-electron chi connectivity index (χ4n) is 2.53. The normalized spacial score (nSPS) is 13.0. The minimum absolute atomic E-state index is 0. The van der Waals surface area contributed by atoms with Crippen LogP contribution in [0.5, 0.6) is 11.5 Å². The van der Waals surface area contributed by atoms with Gasteiger partial charge in [-0.05, 0) is 57.0 Å². The van der Waals surface area contributed by atoms with E-state index in [2.05, 4.69) is 5.32 Å². The molecule has 1 unspecified atom stereocenters. The van der Waals surface area contributed by atoms with Crippen molar-refractivity contribution in [2.24, 2.45) is 0 Å². The molecule has 0 amide bonds. The second-order valence-electron chi connectivity index (χ2n) is 6.94. The number of methoxy groups -OCH3 is 1. The average Bonchev–Trinajstić information content (AvgIpc) is 2.61. The highest BCUT2D eigenvalue weighted by molar-refractivity contribution is 5.85. The average molecular weight is 409 g/mol. The van der Waals surface area contributed by atoms with Gasteiger partial charge in [-0.3, -0.25) is 5.32 Å². The lowest BCUT2D eigenvalue weighted by atomic mass is 9.95. The van der Waals surface area contributed by atoms with Crippen LogP contribution in [-0.4, -0.2) is 30.1 Å². The summed E-state index contributed by atoms with van der Waals surface area (Å²) in [5.41, 5.74) is -1.64. The number of benzene rings is 2. The second-order valence-corrected chi connectivity index (χ2v) is 6.94. The largest absolute Gasteiger partial charge is 0.497 e. The highest BCUT2D eigenvalue weighted by Gasteiger charge is 2.42. The van der Waals surface area contributed by atoms with Gasteiger partial charge in [-0.2, -0.15) is 5.26 Å². The van der Waals surface area contributed by atoms with Gasteiger partial charge in [0.15, 0.2) is 5.72 Å². The van der Waals surface area contributed by atoms with Gasteiger partial charge in [-0.25, -0.2) is 4.39 Å². The van der Waals surface area contributed by atoms with E-state index in [1.807, 2.05) is 30.3 Å². The minimum Gasteiger partial charge on any atom is -0.497 e. The molecule has 2 N–H and O–H groups in total. The first-order valence-corrected chi connectivity index (χ1v) is 8.68. The van der Waals surface area contributed by atoms with Gasteiger partial charge in [0.1, 0.15) is 34.5 Å². The maximum atomic E-state index is 13.9. The highest BCUT2D eigenvalue weighted by atomic mass is 35.5. The molecule has 5 nitrogen and oxygen atoms in total. The summed E-state index contributed by atoms with van der Waals surface area (Å²) < 4.78 is 24.9. The lowest BCUT2D eigenvalue weighted by molar-refractivity contribution is -0.122. The molecule has 0 saturated carbocycles. The molecule has 0 bridgehead atoms. The Labute approximate surface area is 171 Å². The lowest BCUT2D eigenvalue weighted by Gasteiger charge is -2.41. The molecule has 152 valence electrons. The van der Waals surface area contributed by atoms with Crippen LogP contribution in [0, 0.1) is 17.1 Å². The van der Waals surface area contributed by atoms with Crippen molar-refractivity contribution in [1.82, 2.24) is 5.32 Å². The number of rotatable bonds is 8. The Morgan fingerprint density at radius 2 is 1.79 bits per heavy atom. The number of nitrogens with one attached hydrogen (secondary N) is 1. The Morgan fingerprint density at radius 3 is 2.32 bits per heavy atom. The van der Waals surface area contributed by atoms with Crippen LogP contribution in [0.2, 0.25) is 0 Å². The molecule has 2 rings (SSSR count). The number of nitriles is 1. The van der Waals surface area contributed by atoms with E-state index in [1.54, 1.807) is 27.9 Å². The molecule has 0 aliphatic carbocycles. The van der Waals surface area contributed by atoms with Crippen molar-refractivity contribution in [3.8, 4) is 17.6 Å². The number of hydrogen-bond acceptors (Lipinski definition) is 5. The molecule has 28 heavy (non-hydrogen) atoms. The topological polar surface area (TPSA) is 74.5 Å². The van der Waals surface area contributed by atoms with Gasteiger partial charge < -0.3 is 14.6 Å². The van der Waals surface area contributed by atoms with Crippen LogP contribution in [0.1, 0.15) is 31.9 Å². The number of aliphatic hydroxyl groups is 1. The maximum absolute atomic E-state index is 13.9. The summed E-state index contributed by atoms with van der Waals surface area (Å²) in [6.07, 6.45) is 0.688. The van der Waals surface area contributed by atoms with Crippen LogP contribution in [0.4, 0.5) is 4.39 Å². The van der Waals surface area contributed by atoms with Crippen LogP contribution < -0.4 is 14.8 Å². The molecule has 1 atom stereocenters. The molecule has 0 saturated heterocycles. The van der Waals surface area contributed by atoms with Gasteiger partial charge in [-0.15, -0.1) is 12.4 Å². The van der Waals surface area contributed by atoms with Gasteiger partial charge in [0.25, 0.3) is 0 Å². The minimum atomic E-state index is -1.30. The maximum Gasteiger partial charge on any atom is 0.186 e. The standard InChI is InChI=1S/C21H25FN2O3.ClH/c1-20(2,25)21(3,27-19-7-5-6-18(22)17(19)14-23)24-13-12-15-8-10-16(26-4)11-9-15;/h5-11,24-25H,12-13H2,1-4H3;1H. The summed E-state index contributed by atoms with van der Waals surface area (Å²) >= 11 is 0. The number of nitrogens with zero attached hydrogens (tertiary/aromatic N) is 1. The van der Waals surface area contributed by atoms with Crippen molar-refractivity contribution < 1.29 is 19.0 Å². The first-order chi connectivity index (χ1) is 12.7. The van der Waals surface area contributed by atoms with Crippen LogP contribution in [0.3, 0.4) is 0 Å². The first kappa shape index (κ1) is 23.7. The van der Waals surface area contributed by atoms with E-state index in [-0.39, 0.29) is 23.7 Å². The zero-order valence-corrected chi connectivity index (χ0v) is 17.3. The zero-order chi connectivity index (χ0) is 20.1. The molecule has 0 aliphatic rings. The zero-order valence-electron chi connectivity index (χ0n) is 16.5. The van der Waals surface area contributed by atoms with Crippen molar-refractivity contribution in [2.75, 3.05) is 13.7 Å². The van der Waals surface area contributed by atoms with E-state index in [9.17, 15) is 14.8 Å². The van der Waals surface area contributed by atoms with Crippen molar-refractivity contribution in [3.63, 3.8) is 0 Å². The molecule has 0 fully saturated rings. The van der Waals surface area contributed by atoms with Gasteiger partial charge in [0, 0.05) is 6.54 Å². The molecule has 0 radical (unpaired) electrons. The number of hydrogen-bond donors (Lipinski definition) is 2. The summed E-state index contributed by atoms with van der Waals surface area (Å²) in [6, 6.07) is 13.7. The van der Waals surface area contributed by atoms with Gasteiger partial charge in [0.05, 0.1) is 7.11 Å². The van der Waals surface area contributed by atoms with Crippen molar-refractivity contribution in [2.45, 2.75) is 38.5 Å². The summed E-state index contributed by atoms with van der Waals surface area (Å²) in [4.78, 5) is 0. The lowest BCUT2D eigenvalue weighted by Crippen LogP contribution is -2.62. The Hall–Kier alpha value is -2.33. The molecule has 7 heteroatoms. The summed E-state index contributed by atoms with van der Waals surface area (Å²) in [7, 11) is 1.62. The highest BCUT2D eigenvalue weighted by Crippen LogP contribution is 2.29. The fourth-order valence-corrected chi connectivity index (χ4v) is 2.53.